The van der Waals surface area contributed by atoms with Gasteiger partial charge in [0.15, 0.2) is 0 Å². The van der Waals surface area contributed by atoms with E-state index in [9.17, 15) is 0 Å². The molecule has 1 aromatic carbocycles. The highest BCUT2D eigenvalue weighted by Crippen LogP contribution is 2.31. The van der Waals surface area contributed by atoms with Gasteiger partial charge < -0.3 is 10.2 Å². The molecule has 1 aromatic rings. The number of hydrogen-bond donors (Lipinski definition) is 1. The van der Waals surface area contributed by atoms with Crippen LogP contribution in [0.15, 0.2) is 18.2 Å². The second kappa shape index (κ2) is 5.21. The van der Waals surface area contributed by atoms with Crippen molar-refractivity contribution in [1.29, 1.82) is 0 Å². The van der Waals surface area contributed by atoms with Gasteiger partial charge in [0.05, 0.1) is 0 Å². The smallest absolute Gasteiger partial charge is 0.0374 e. The van der Waals surface area contributed by atoms with Gasteiger partial charge in [0.1, 0.15) is 0 Å². The van der Waals surface area contributed by atoms with E-state index in [1.165, 1.54) is 62.0 Å². The Morgan fingerprint density at radius 1 is 1.28 bits per heavy atom. The van der Waals surface area contributed by atoms with Gasteiger partial charge in [-0.1, -0.05) is 6.92 Å². The normalized spacial score (nSPS) is 23.4. The molecule has 2 aliphatic rings. The van der Waals surface area contributed by atoms with E-state index in [-0.39, 0.29) is 0 Å². The molecule has 0 radical (unpaired) electrons. The highest BCUT2D eigenvalue weighted by atomic mass is 15.2. The first-order valence-electron chi connectivity index (χ1n) is 7.52. The first-order valence-corrected chi connectivity index (χ1v) is 7.52. The number of nitrogens with one attached hydrogen (secondary N) is 1. The summed E-state index contributed by atoms with van der Waals surface area (Å²) in [4.78, 5) is 2.64. The molecule has 3 rings (SSSR count). The summed E-state index contributed by atoms with van der Waals surface area (Å²) in [6, 6.07) is 7.78. The minimum Gasteiger partial charge on any atom is -0.385 e. The summed E-state index contributed by atoms with van der Waals surface area (Å²) in [5.41, 5.74) is 4.32. The average molecular weight is 244 g/mol. The summed E-state index contributed by atoms with van der Waals surface area (Å²) in [6.07, 6.45) is 7.91. The molecule has 1 unspecified atom stereocenters. The van der Waals surface area contributed by atoms with Crippen LogP contribution in [0.2, 0.25) is 0 Å². The largest absolute Gasteiger partial charge is 0.385 e. The minimum absolute atomic E-state index is 0.758. The predicted molar refractivity (Wildman–Crippen MR) is 78.5 cm³/mol. The van der Waals surface area contributed by atoms with Gasteiger partial charge in [-0.05, 0) is 62.3 Å². The van der Waals surface area contributed by atoms with Crippen LogP contribution < -0.4 is 10.2 Å². The van der Waals surface area contributed by atoms with Crippen molar-refractivity contribution in [2.24, 2.45) is 0 Å². The lowest BCUT2D eigenvalue weighted by Crippen LogP contribution is -2.39. The number of anilines is 2. The highest BCUT2D eigenvalue weighted by Gasteiger charge is 2.21. The molecule has 0 aliphatic carbocycles. The molecule has 18 heavy (non-hydrogen) atoms. The van der Waals surface area contributed by atoms with Crippen molar-refractivity contribution in [2.75, 3.05) is 23.3 Å². The van der Waals surface area contributed by atoms with Crippen molar-refractivity contribution in [3.8, 4) is 0 Å². The van der Waals surface area contributed by atoms with E-state index in [1.807, 2.05) is 0 Å². The standard InChI is InChI=1S/C16H24N2/c1-2-14-7-3-4-11-18(14)15-8-9-16-13(12-15)6-5-10-17-16/h8-9,12,14,17H,2-7,10-11H2,1H3. The second-order valence-electron chi connectivity index (χ2n) is 5.62. The summed E-state index contributed by atoms with van der Waals surface area (Å²) in [5.74, 6) is 0. The lowest BCUT2D eigenvalue weighted by Gasteiger charge is -2.37. The Kier molecular flexibility index (Phi) is 3.44. The van der Waals surface area contributed by atoms with Crippen LogP contribution in [0.25, 0.3) is 0 Å². The van der Waals surface area contributed by atoms with Gasteiger partial charge in [-0.2, -0.15) is 0 Å². The minimum atomic E-state index is 0.758. The molecule has 1 saturated heterocycles. The van der Waals surface area contributed by atoms with E-state index >= 15 is 0 Å². The van der Waals surface area contributed by atoms with Crippen LogP contribution >= 0.6 is 0 Å². The monoisotopic (exact) mass is 244 g/mol. The Balaban J connectivity index is 1.86. The van der Waals surface area contributed by atoms with E-state index < -0.39 is 0 Å². The van der Waals surface area contributed by atoms with E-state index in [4.69, 9.17) is 0 Å². The molecule has 1 N–H and O–H groups in total. The second-order valence-corrected chi connectivity index (χ2v) is 5.62. The zero-order valence-electron chi connectivity index (χ0n) is 11.4. The number of hydrogen-bond acceptors (Lipinski definition) is 2. The first-order chi connectivity index (χ1) is 8.88. The fourth-order valence-corrected chi connectivity index (χ4v) is 3.40. The lowest BCUT2D eigenvalue weighted by molar-refractivity contribution is 0.450. The van der Waals surface area contributed by atoms with Gasteiger partial charge in [-0.15, -0.1) is 0 Å². The van der Waals surface area contributed by atoms with Crippen LogP contribution in [-0.2, 0) is 6.42 Å². The number of benzene rings is 1. The van der Waals surface area contributed by atoms with Gasteiger partial charge in [-0.25, -0.2) is 0 Å². The van der Waals surface area contributed by atoms with Crippen LogP contribution in [0.3, 0.4) is 0 Å². The maximum absolute atomic E-state index is 3.50. The molecule has 0 saturated carbocycles. The summed E-state index contributed by atoms with van der Waals surface area (Å²) < 4.78 is 0. The fraction of sp³-hybridized carbons (Fsp3) is 0.625. The Bertz CT molecular complexity index is 414. The van der Waals surface area contributed by atoms with Crippen LogP contribution in [0.5, 0.6) is 0 Å². The molecule has 2 nitrogen and oxygen atoms in total. The van der Waals surface area contributed by atoms with Crippen molar-refractivity contribution in [1.82, 2.24) is 0 Å². The SMILES string of the molecule is CCC1CCCCN1c1ccc2c(c1)CCCN2. The third kappa shape index (κ3) is 2.21. The number of piperidine rings is 1. The Hall–Kier alpha value is -1.18. The summed E-state index contributed by atoms with van der Waals surface area (Å²) in [7, 11) is 0. The Labute approximate surface area is 110 Å². The number of aryl methyl sites for hydroxylation is 1. The van der Waals surface area contributed by atoms with Crippen LogP contribution in [0, 0.1) is 0 Å². The molecule has 0 aromatic heterocycles. The zero-order chi connectivity index (χ0) is 12.4. The van der Waals surface area contributed by atoms with Gasteiger partial charge >= 0.3 is 0 Å². The molecule has 2 heterocycles. The molecule has 1 atom stereocenters. The molecule has 0 amide bonds. The molecule has 98 valence electrons. The zero-order valence-corrected chi connectivity index (χ0v) is 11.4. The molecule has 1 fully saturated rings. The van der Waals surface area contributed by atoms with Crippen molar-refractivity contribution < 1.29 is 0 Å². The van der Waals surface area contributed by atoms with Crippen LogP contribution in [-0.4, -0.2) is 19.1 Å². The van der Waals surface area contributed by atoms with E-state index in [1.54, 1.807) is 0 Å². The van der Waals surface area contributed by atoms with Crippen molar-refractivity contribution in [3.63, 3.8) is 0 Å². The molecular weight excluding hydrogens is 220 g/mol. The average Bonchev–Trinajstić information content (AvgIpc) is 2.46. The van der Waals surface area contributed by atoms with Gasteiger partial charge in [0.25, 0.3) is 0 Å². The maximum atomic E-state index is 3.50. The summed E-state index contributed by atoms with van der Waals surface area (Å²) in [5, 5.41) is 3.50. The predicted octanol–water partition coefficient (Wildman–Crippen LogP) is 3.81. The quantitative estimate of drug-likeness (QED) is 0.851. The number of fused-ring (bicyclic) bond motifs is 1. The van der Waals surface area contributed by atoms with Gasteiger partial charge in [0, 0.05) is 30.5 Å². The summed E-state index contributed by atoms with van der Waals surface area (Å²) >= 11 is 0. The maximum Gasteiger partial charge on any atom is 0.0374 e. The van der Waals surface area contributed by atoms with Crippen molar-refractivity contribution in [3.05, 3.63) is 23.8 Å². The first kappa shape index (κ1) is 11.9. The van der Waals surface area contributed by atoms with E-state index in [2.05, 4.69) is 35.3 Å². The third-order valence-corrected chi connectivity index (χ3v) is 4.46. The van der Waals surface area contributed by atoms with E-state index in [0.717, 1.165) is 12.6 Å². The highest BCUT2D eigenvalue weighted by molar-refractivity contribution is 5.62. The molecule has 2 heteroatoms. The third-order valence-electron chi connectivity index (χ3n) is 4.46. The molecule has 0 spiro atoms. The number of rotatable bonds is 2. The molecule has 0 bridgehead atoms. The molecule has 2 aliphatic heterocycles. The summed E-state index contributed by atoms with van der Waals surface area (Å²) in [6.45, 7) is 4.70. The van der Waals surface area contributed by atoms with Gasteiger partial charge in [-0.3, -0.25) is 0 Å². The fourth-order valence-electron chi connectivity index (χ4n) is 3.40. The Morgan fingerprint density at radius 2 is 2.22 bits per heavy atom. The van der Waals surface area contributed by atoms with Crippen LogP contribution in [0.1, 0.15) is 44.6 Å². The van der Waals surface area contributed by atoms with Crippen molar-refractivity contribution >= 4 is 11.4 Å². The van der Waals surface area contributed by atoms with Gasteiger partial charge in [0.2, 0.25) is 0 Å². The van der Waals surface area contributed by atoms with E-state index in [0.29, 0.717) is 0 Å². The Morgan fingerprint density at radius 3 is 3.11 bits per heavy atom. The molecular formula is C16H24N2. The van der Waals surface area contributed by atoms with Crippen LogP contribution in [0.4, 0.5) is 11.4 Å². The lowest BCUT2D eigenvalue weighted by atomic mass is 9.97. The van der Waals surface area contributed by atoms with Crippen molar-refractivity contribution in [2.45, 2.75) is 51.5 Å². The topological polar surface area (TPSA) is 15.3 Å². The number of nitrogens with zero attached hydrogens (tertiary/aromatic N) is 1.